The van der Waals surface area contributed by atoms with Gasteiger partial charge in [0.1, 0.15) is 0 Å². The van der Waals surface area contributed by atoms with E-state index in [0.717, 1.165) is 4.48 Å². The Kier molecular flexibility index (Phi) is 5.56. The number of nitrogens with two attached hydrogens (primary N) is 2. The summed E-state index contributed by atoms with van der Waals surface area (Å²) in [6.45, 7) is 0. The highest BCUT2D eigenvalue weighted by Crippen LogP contribution is 2.12. The van der Waals surface area contributed by atoms with E-state index in [9.17, 15) is 8.42 Å². The van der Waals surface area contributed by atoms with Gasteiger partial charge in [-0.05, 0) is 24.3 Å². The molecule has 0 saturated heterocycles. The van der Waals surface area contributed by atoms with E-state index < -0.39 is 10.1 Å². The van der Waals surface area contributed by atoms with Gasteiger partial charge < -0.3 is 10.2 Å². The summed E-state index contributed by atoms with van der Waals surface area (Å²) in [4.78, 5) is -0.0146. The Morgan fingerprint density at radius 2 is 1.41 bits per heavy atom. The maximum atomic E-state index is 10.9. The zero-order valence-corrected chi connectivity index (χ0v) is 11.4. The van der Waals surface area contributed by atoms with Crippen LogP contribution in [0, 0.1) is 0 Å². The number of nitrogen functional groups attached to an aromatic ring is 1. The Morgan fingerprint density at radius 1 is 1.06 bits per heavy atom. The second kappa shape index (κ2) is 5.97. The van der Waals surface area contributed by atoms with E-state index in [1.54, 1.807) is 0 Å². The summed E-state index contributed by atoms with van der Waals surface area (Å²) in [5.74, 6) is 4.56. The lowest BCUT2D eigenvalue weighted by atomic mass is 10.3. The Bertz CT molecular complexity index is 429. The number of hydrogen-bond donors (Lipinski definition) is 2. The van der Waals surface area contributed by atoms with Crippen LogP contribution < -0.4 is 11.6 Å². The fourth-order valence-electron chi connectivity index (χ4n) is 0.690. The highest BCUT2D eigenvalue weighted by Gasteiger charge is 2.12. The Balaban J connectivity index is 0.000000437. The summed E-state index contributed by atoms with van der Waals surface area (Å²) in [6.07, 6.45) is 0. The van der Waals surface area contributed by atoms with E-state index in [1.165, 1.54) is 24.3 Å². The van der Waals surface area contributed by atoms with Crippen LogP contribution in [-0.2, 0) is 14.4 Å². The molecule has 0 atom stereocenters. The van der Waals surface area contributed by atoms with Crippen LogP contribution in [0.5, 0.6) is 0 Å². The zero-order chi connectivity index (χ0) is 13.7. The third-order valence-corrected chi connectivity index (χ3v) is 2.40. The summed E-state index contributed by atoms with van der Waals surface area (Å²) in [5, 5.41) is 0. The van der Waals surface area contributed by atoms with Crippen molar-refractivity contribution in [2.24, 2.45) is 5.90 Å². The summed E-state index contributed by atoms with van der Waals surface area (Å²) in [5.41, 5.74) is 5.82. The third kappa shape index (κ3) is 7.70. The van der Waals surface area contributed by atoms with Crippen LogP contribution in [0.15, 0.2) is 29.2 Å². The molecular formula is C10H20N3O3S+. The smallest absolute Gasteiger partial charge is 0.312 e. The van der Waals surface area contributed by atoms with Gasteiger partial charge in [0.15, 0.2) is 0 Å². The second-order valence-corrected chi connectivity index (χ2v) is 6.37. The molecule has 0 aliphatic heterocycles. The van der Waals surface area contributed by atoms with E-state index in [-0.39, 0.29) is 4.90 Å². The van der Waals surface area contributed by atoms with E-state index >= 15 is 0 Å². The maximum absolute atomic E-state index is 10.9. The van der Waals surface area contributed by atoms with E-state index in [4.69, 9.17) is 5.73 Å². The largest absolute Gasteiger partial charge is 0.399 e. The molecule has 0 radical (unpaired) electrons. The van der Waals surface area contributed by atoms with Crippen LogP contribution >= 0.6 is 0 Å². The zero-order valence-electron chi connectivity index (χ0n) is 10.5. The Morgan fingerprint density at radius 3 is 1.71 bits per heavy atom. The summed E-state index contributed by atoms with van der Waals surface area (Å²) in [7, 11) is 4.71. The normalized spacial score (nSPS) is 11.6. The van der Waals surface area contributed by atoms with Gasteiger partial charge in [0.05, 0.1) is 33.1 Å². The van der Waals surface area contributed by atoms with Gasteiger partial charge in [0.2, 0.25) is 0 Å². The van der Waals surface area contributed by atoms with Crippen LogP contribution in [0.4, 0.5) is 5.69 Å². The van der Waals surface area contributed by atoms with Crippen molar-refractivity contribution in [3.63, 3.8) is 0 Å². The fourth-order valence-corrected chi connectivity index (χ4v) is 1.27. The molecule has 0 aliphatic carbocycles. The first kappa shape index (κ1) is 15.9. The number of hydrogen-bond acceptors (Lipinski definition) is 5. The molecule has 0 aliphatic rings. The van der Waals surface area contributed by atoms with Crippen LogP contribution in [0.2, 0.25) is 0 Å². The van der Waals surface area contributed by atoms with Gasteiger partial charge in [0, 0.05) is 5.69 Å². The van der Waals surface area contributed by atoms with E-state index in [2.05, 4.69) is 38.4 Å². The Hall–Kier alpha value is -1.15. The monoisotopic (exact) mass is 262 g/mol. The number of nitrogens with zero attached hydrogens (tertiary/aromatic N) is 1. The molecule has 0 saturated carbocycles. The molecule has 0 unspecified atom stereocenters. The minimum absolute atomic E-state index is 0.0146. The number of quaternary nitrogens is 1. The highest BCUT2D eigenvalue weighted by atomic mass is 32.2. The van der Waals surface area contributed by atoms with Gasteiger partial charge in [-0.25, -0.2) is 0 Å². The molecule has 98 valence electrons. The minimum atomic E-state index is -3.79. The van der Waals surface area contributed by atoms with Gasteiger partial charge >= 0.3 is 10.1 Å². The van der Waals surface area contributed by atoms with Crippen molar-refractivity contribution in [1.82, 2.24) is 0 Å². The summed E-state index contributed by atoms with van der Waals surface area (Å²) < 4.78 is 26.6. The molecule has 0 bridgehead atoms. The molecule has 0 aromatic heterocycles. The van der Waals surface area contributed by atoms with Gasteiger partial charge in [-0.3, -0.25) is 0 Å². The summed E-state index contributed by atoms with van der Waals surface area (Å²) >= 11 is 0. The van der Waals surface area contributed by atoms with Crippen molar-refractivity contribution in [2.45, 2.75) is 4.90 Å². The van der Waals surface area contributed by atoms with Crippen molar-refractivity contribution < 1.29 is 17.2 Å². The molecule has 0 fully saturated rings. The standard InChI is InChI=1S/C6H8N2O3S.C4H12N/c7-5-1-3-6(4-2-5)12(9,10)11-8;1-5(2,3)4/h1-4H,7-8H2;1-4H3/q;+1. The molecule has 1 aromatic carbocycles. The van der Waals surface area contributed by atoms with Gasteiger partial charge in [-0.15, -0.1) is 0 Å². The topological polar surface area (TPSA) is 95.4 Å². The number of benzene rings is 1. The van der Waals surface area contributed by atoms with Crippen LogP contribution in [0.3, 0.4) is 0 Å². The predicted octanol–water partition coefficient (Wildman–Crippen LogP) is 0.170. The second-order valence-electron chi connectivity index (χ2n) is 4.80. The van der Waals surface area contributed by atoms with E-state index in [1.807, 2.05) is 0 Å². The SMILES string of the molecule is C[N+](C)(C)C.NOS(=O)(=O)c1ccc(N)cc1. The minimum Gasteiger partial charge on any atom is -0.399 e. The molecule has 7 heteroatoms. The first-order chi connectivity index (χ1) is 7.56. The van der Waals surface area contributed by atoms with Crippen molar-refractivity contribution >= 4 is 15.8 Å². The molecule has 0 amide bonds. The van der Waals surface area contributed by atoms with Crippen molar-refractivity contribution in [3.8, 4) is 0 Å². The van der Waals surface area contributed by atoms with Crippen molar-refractivity contribution in [2.75, 3.05) is 33.9 Å². The van der Waals surface area contributed by atoms with Crippen LogP contribution in [0.1, 0.15) is 0 Å². The van der Waals surface area contributed by atoms with Gasteiger partial charge in [-0.2, -0.15) is 18.6 Å². The maximum Gasteiger partial charge on any atom is 0.312 e. The number of anilines is 1. The molecular weight excluding hydrogens is 242 g/mol. The summed E-state index contributed by atoms with van der Waals surface area (Å²) in [6, 6.07) is 5.53. The average Bonchev–Trinajstić information content (AvgIpc) is 2.16. The number of rotatable bonds is 2. The molecule has 0 heterocycles. The van der Waals surface area contributed by atoms with Gasteiger partial charge in [0.25, 0.3) is 0 Å². The third-order valence-electron chi connectivity index (χ3n) is 1.30. The van der Waals surface area contributed by atoms with Gasteiger partial charge in [-0.1, -0.05) is 0 Å². The van der Waals surface area contributed by atoms with Crippen molar-refractivity contribution in [1.29, 1.82) is 0 Å². The fraction of sp³-hybridized carbons (Fsp3) is 0.400. The average molecular weight is 262 g/mol. The highest BCUT2D eigenvalue weighted by molar-refractivity contribution is 7.86. The molecule has 0 spiro atoms. The Labute approximate surface area is 102 Å². The molecule has 17 heavy (non-hydrogen) atoms. The molecule has 6 nitrogen and oxygen atoms in total. The van der Waals surface area contributed by atoms with Crippen molar-refractivity contribution in [3.05, 3.63) is 24.3 Å². The lowest BCUT2D eigenvalue weighted by molar-refractivity contribution is -0.849. The first-order valence-electron chi connectivity index (χ1n) is 4.84. The lowest BCUT2D eigenvalue weighted by Crippen LogP contribution is -2.27. The van der Waals surface area contributed by atoms with Crippen LogP contribution in [-0.4, -0.2) is 41.1 Å². The van der Waals surface area contributed by atoms with E-state index in [0.29, 0.717) is 5.69 Å². The molecule has 4 N–H and O–H groups in total. The quantitative estimate of drug-likeness (QED) is 0.450. The molecule has 1 aromatic rings. The molecule has 1 rings (SSSR count). The van der Waals surface area contributed by atoms with Crippen LogP contribution in [0.25, 0.3) is 0 Å². The first-order valence-corrected chi connectivity index (χ1v) is 6.25. The predicted molar refractivity (Wildman–Crippen MR) is 67.3 cm³/mol. The lowest BCUT2D eigenvalue weighted by Gasteiger charge is -2.14.